The van der Waals surface area contributed by atoms with Crippen molar-refractivity contribution in [3.8, 4) is 0 Å². The summed E-state index contributed by atoms with van der Waals surface area (Å²) in [7, 11) is 0. The van der Waals surface area contributed by atoms with Crippen LogP contribution in [0.3, 0.4) is 0 Å². The lowest BCUT2D eigenvalue weighted by Gasteiger charge is -2.26. The molecule has 1 N–H and O–H groups in total. The zero-order valence-corrected chi connectivity index (χ0v) is 10.7. The molecule has 0 amide bonds. The van der Waals surface area contributed by atoms with E-state index < -0.39 is 0 Å². The van der Waals surface area contributed by atoms with E-state index in [1.54, 1.807) is 5.56 Å². The molecule has 3 rings (SSSR count). The van der Waals surface area contributed by atoms with Crippen LogP contribution in [0.1, 0.15) is 30.2 Å². The molecule has 1 aliphatic heterocycles. The van der Waals surface area contributed by atoms with E-state index in [9.17, 15) is 0 Å². The van der Waals surface area contributed by atoms with Gasteiger partial charge in [-0.1, -0.05) is 19.1 Å². The Balaban J connectivity index is 2.01. The number of nitrogens with zero attached hydrogens (tertiary/aromatic N) is 1. The Morgan fingerprint density at radius 2 is 2.24 bits per heavy atom. The summed E-state index contributed by atoms with van der Waals surface area (Å²) < 4.78 is 0. The fourth-order valence-electron chi connectivity index (χ4n) is 2.93. The number of aryl methyl sites for hydroxylation is 1. The SMILES string of the molecule is CCCN1CCc2c([nH]c3cc(C)ccc23)C1. The maximum atomic E-state index is 3.60. The highest BCUT2D eigenvalue weighted by Gasteiger charge is 2.19. The fraction of sp³-hybridized carbons (Fsp3) is 0.467. The van der Waals surface area contributed by atoms with Crippen LogP contribution in [-0.2, 0) is 13.0 Å². The molecule has 0 unspecified atom stereocenters. The number of aromatic amines is 1. The van der Waals surface area contributed by atoms with Crippen LogP contribution in [0.25, 0.3) is 10.9 Å². The summed E-state index contributed by atoms with van der Waals surface area (Å²) >= 11 is 0. The summed E-state index contributed by atoms with van der Waals surface area (Å²) in [5.41, 5.74) is 5.63. The predicted octanol–water partition coefficient (Wildman–Crippen LogP) is 3.24. The van der Waals surface area contributed by atoms with Crippen molar-refractivity contribution in [3.05, 3.63) is 35.0 Å². The molecule has 2 heteroatoms. The molecule has 0 aliphatic carbocycles. The molecule has 1 aromatic carbocycles. The first-order chi connectivity index (χ1) is 8.28. The zero-order chi connectivity index (χ0) is 11.8. The molecule has 0 fully saturated rings. The van der Waals surface area contributed by atoms with E-state index in [1.807, 2.05) is 0 Å². The zero-order valence-electron chi connectivity index (χ0n) is 10.7. The maximum Gasteiger partial charge on any atom is 0.0461 e. The molecule has 1 aromatic heterocycles. The third-order valence-electron chi connectivity index (χ3n) is 3.75. The highest BCUT2D eigenvalue weighted by atomic mass is 15.1. The van der Waals surface area contributed by atoms with Crippen LogP contribution < -0.4 is 0 Å². The lowest BCUT2D eigenvalue weighted by Crippen LogP contribution is -2.30. The number of hydrogen-bond donors (Lipinski definition) is 1. The lowest BCUT2D eigenvalue weighted by molar-refractivity contribution is 0.252. The normalized spacial score (nSPS) is 16.4. The average molecular weight is 228 g/mol. The summed E-state index contributed by atoms with van der Waals surface area (Å²) in [5.74, 6) is 0. The number of fused-ring (bicyclic) bond motifs is 3. The molecule has 0 spiro atoms. The van der Waals surface area contributed by atoms with Gasteiger partial charge in [-0.15, -0.1) is 0 Å². The van der Waals surface area contributed by atoms with Crippen LogP contribution in [0.15, 0.2) is 18.2 Å². The first-order valence-corrected chi connectivity index (χ1v) is 6.60. The van der Waals surface area contributed by atoms with Gasteiger partial charge in [-0.2, -0.15) is 0 Å². The summed E-state index contributed by atoms with van der Waals surface area (Å²) in [6.07, 6.45) is 2.44. The number of aromatic nitrogens is 1. The third kappa shape index (κ3) is 1.87. The van der Waals surface area contributed by atoms with Crippen molar-refractivity contribution in [2.45, 2.75) is 33.2 Å². The fourth-order valence-corrected chi connectivity index (χ4v) is 2.93. The average Bonchev–Trinajstić information content (AvgIpc) is 2.65. The minimum atomic E-state index is 1.09. The molecular weight excluding hydrogens is 208 g/mol. The predicted molar refractivity (Wildman–Crippen MR) is 72.3 cm³/mol. The first kappa shape index (κ1) is 10.8. The van der Waals surface area contributed by atoms with E-state index in [0.29, 0.717) is 0 Å². The Hall–Kier alpha value is -1.28. The second-order valence-corrected chi connectivity index (χ2v) is 5.16. The van der Waals surface area contributed by atoms with Gasteiger partial charge in [-0.25, -0.2) is 0 Å². The molecule has 0 bridgehead atoms. The molecule has 2 aromatic rings. The van der Waals surface area contributed by atoms with Gasteiger partial charge in [0.15, 0.2) is 0 Å². The smallest absolute Gasteiger partial charge is 0.0461 e. The molecule has 2 heterocycles. The maximum absolute atomic E-state index is 3.60. The van der Waals surface area contributed by atoms with Gasteiger partial charge in [0.25, 0.3) is 0 Å². The van der Waals surface area contributed by atoms with Gasteiger partial charge >= 0.3 is 0 Å². The Kier molecular flexibility index (Phi) is 2.67. The van der Waals surface area contributed by atoms with Crippen molar-refractivity contribution in [3.63, 3.8) is 0 Å². The molecular formula is C15H20N2. The number of benzene rings is 1. The number of hydrogen-bond acceptors (Lipinski definition) is 1. The third-order valence-corrected chi connectivity index (χ3v) is 3.75. The van der Waals surface area contributed by atoms with E-state index in [0.717, 1.165) is 6.54 Å². The number of nitrogens with one attached hydrogen (secondary N) is 1. The van der Waals surface area contributed by atoms with Gasteiger partial charge in [0.1, 0.15) is 0 Å². The van der Waals surface area contributed by atoms with Gasteiger partial charge in [-0.3, -0.25) is 4.90 Å². The Bertz CT molecular complexity index is 539. The Labute approximate surface area is 103 Å². The highest BCUT2D eigenvalue weighted by molar-refractivity contribution is 5.85. The molecule has 0 radical (unpaired) electrons. The molecule has 17 heavy (non-hydrogen) atoms. The molecule has 90 valence electrons. The minimum absolute atomic E-state index is 1.09. The first-order valence-electron chi connectivity index (χ1n) is 6.60. The van der Waals surface area contributed by atoms with Crippen LogP contribution in [0, 0.1) is 6.92 Å². The van der Waals surface area contributed by atoms with Gasteiger partial charge < -0.3 is 4.98 Å². The molecule has 1 aliphatic rings. The van der Waals surface area contributed by atoms with E-state index in [2.05, 4.69) is 41.9 Å². The Morgan fingerprint density at radius 3 is 3.06 bits per heavy atom. The molecule has 0 saturated carbocycles. The largest absolute Gasteiger partial charge is 0.357 e. The number of rotatable bonds is 2. The van der Waals surface area contributed by atoms with Gasteiger partial charge in [0, 0.05) is 29.7 Å². The summed E-state index contributed by atoms with van der Waals surface area (Å²) in [6.45, 7) is 7.93. The number of H-pyrrole nitrogens is 1. The topological polar surface area (TPSA) is 19.0 Å². The molecule has 0 saturated heterocycles. The quantitative estimate of drug-likeness (QED) is 0.836. The van der Waals surface area contributed by atoms with Crippen molar-refractivity contribution in [2.75, 3.05) is 13.1 Å². The van der Waals surface area contributed by atoms with Crippen LogP contribution in [0.2, 0.25) is 0 Å². The van der Waals surface area contributed by atoms with E-state index in [1.165, 1.54) is 48.1 Å². The van der Waals surface area contributed by atoms with Crippen molar-refractivity contribution in [1.82, 2.24) is 9.88 Å². The minimum Gasteiger partial charge on any atom is -0.357 e. The van der Waals surface area contributed by atoms with E-state index >= 15 is 0 Å². The summed E-state index contributed by atoms with van der Waals surface area (Å²) in [6, 6.07) is 6.75. The standard InChI is InChI=1S/C15H20N2/c1-3-7-17-8-6-13-12-5-4-11(2)9-14(12)16-15(13)10-17/h4-5,9,16H,3,6-8,10H2,1-2H3. The second kappa shape index (κ2) is 4.19. The second-order valence-electron chi connectivity index (χ2n) is 5.16. The van der Waals surface area contributed by atoms with Crippen LogP contribution in [0.4, 0.5) is 0 Å². The van der Waals surface area contributed by atoms with Gasteiger partial charge in [-0.05, 0) is 43.5 Å². The van der Waals surface area contributed by atoms with E-state index in [-0.39, 0.29) is 0 Å². The van der Waals surface area contributed by atoms with Crippen molar-refractivity contribution >= 4 is 10.9 Å². The van der Waals surface area contributed by atoms with Crippen molar-refractivity contribution in [2.24, 2.45) is 0 Å². The lowest BCUT2D eigenvalue weighted by atomic mass is 10.0. The van der Waals surface area contributed by atoms with E-state index in [4.69, 9.17) is 0 Å². The Morgan fingerprint density at radius 1 is 1.35 bits per heavy atom. The molecule has 0 atom stereocenters. The molecule has 2 nitrogen and oxygen atoms in total. The monoisotopic (exact) mass is 228 g/mol. The van der Waals surface area contributed by atoms with Crippen LogP contribution >= 0.6 is 0 Å². The summed E-state index contributed by atoms with van der Waals surface area (Å²) in [4.78, 5) is 6.15. The highest BCUT2D eigenvalue weighted by Crippen LogP contribution is 2.28. The van der Waals surface area contributed by atoms with Crippen molar-refractivity contribution in [1.29, 1.82) is 0 Å². The van der Waals surface area contributed by atoms with Gasteiger partial charge in [0.05, 0.1) is 0 Å². The van der Waals surface area contributed by atoms with Crippen molar-refractivity contribution < 1.29 is 0 Å². The van der Waals surface area contributed by atoms with Gasteiger partial charge in [0.2, 0.25) is 0 Å². The van der Waals surface area contributed by atoms with Crippen LogP contribution in [-0.4, -0.2) is 23.0 Å². The summed E-state index contributed by atoms with van der Waals surface area (Å²) in [5, 5.41) is 1.43. The van der Waals surface area contributed by atoms with Crippen LogP contribution in [0.5, 0.6) is 0 Å².